The minimum Gasteiger partial charge on any atom is -0.490 e. The van der Waals surface area contributed by atoms with Crippen LogP contribution in [0.5, 0.6) is 5.75 Å². The van der Waals surface area contributed by atoms with E-state index in [-0.39, 0.29) is 5.78 Å². The fourth-order valence-electron chi connectivity index (χ4n) is 2.05. The summed E-state index contributed by atoms with van der Waals surface area (Å²) in [6.45, 7) is 0. The number of carbonyl (C=O) groups excluding carboxylic acids is 1. The lowest BCUT2D eigenvalue weighted by Gasteiger charge is -2.08. The molecule has 0 N–H and O–H groups in total. The number of ether oxygens (including phenoxy) is 1. The molecule has 1 fully saturated rings. The van der Waals surface area contributed by atoms with Gasteiger partial charge in [0.1, 0.15) is 5.75 Å². The normalized spacial score (nSPS) is 14.1. The minimum absolute atomic E-state index is 0.0629. The molecular weight excluding hydrogens is 268 g/mol. The second kappa shape index (κ2) is 5.71. The van der Waals surface area contributed by atoms with Gasteiger partial charge in [-0.2, -0.15) is 0 Å². The third kappa shape index (κ3) is 2.88. The summed E-state index contributed by atoms with van der Waals surface area (Å²) in [5, 5.41) is 0. The summed E-state index contributed by atoms with van der Waals surface area (Å²) in [6, 6.07) is 15.2. The fourth-order valence-corrected chi connectivity index (χ4v) is 2.65. The zero-order valence-corrected chi connectivity index (χ0v) is 12.2. The first-order valence-corrected chi connectivity index (χ1v) is 7.95. The molecule has 0 heterocycles. The van der Waals surface area contributed by atoms with Crippen molar-refractivity contribution in [2.75, 3.05) is 6.26 Å². The predicted molar refractivity (Wildman–Crippen MR) is 81.7 cm³/mol. The van der Waals surface area contributed by atoms with E-state index in [0.29, 0.717) is 11.7 Å². The molecule has 0 saturated heterocycles. The summed E-state index contributed by atoms with van der Waals surface area (Å²) in [6.07, 6.45) is 4.65. The van der Waals surface area contributed by atoms with Crippen LogP contribution in [0.2, 0.25) is 0 Å². The second-order valence-corrected chi connectivity index (χ2v) is 5.72. The Hall–Kier alpha value is -1.74. The molecule has 0 unspecified atom stereocenters. The molecule has 1 aliphatic rings. The number of ketones is 1. The number of thioether (sulfide) groups is 1. The van der Waals surface area contributed by atoms with E-state index < -0.39 is 0 Å². The van der Waals surface area contributed by atoms with E-state index in [1.54, 1.807) is 11.8 Å². The molecule has 2 nitrogen and oxygen atoms in total. The van der Waals surface area contributed by atoms with Gasteiger partial charge in [-0.1, -0.05) is 12.1 Å². The zero-order chi connectivity index (χ0) is 13.9. The van der Waals surface area contributed by atoms with Crippen LogP contribution in [-0.2, 0) is 0 Å². The van der Waals surface area contributed by atoms with Crippen molar-refractivity contribution >= 4 is 17.5 Å². The first kappa shape index (κ1) is 13.3. The van der Waals surface area contributed by atoms with Crippen molar-refractivity contribution in [2.45, 2.75) is 23.8 Å². The molecule has 0 aromatic heterocycles. The Kier molecular flexibility index (Phi) is 3.79. The second-order valence-electron chi connectivity index (χ2n) is 4.87. The lowest BCUT2D eigenvalue weighted by Crippen LogP contribution is -2.03. The van der Waals surface area contributed by atoms with Crippen LogP contribution in [0.15, 0.2) is 53.4 Å². The van der Waals surface area contributed by atoms with E-state index in [2.05, 4.69) is 0 Å². The van der Waals surface area contributed by atoms with Crippen molar-refractivity contribution in [3.05, 3.63) is 59.7 Å². The van der Waals surface area contributed by atoms with E-state index in [4.69, 9.17) is 4.74 Å². The van der Waals surface area contributed by atoms with Crippen molar-refractivity contribution in [1.29, 1.82) is 0 Å². The van der Waals surface area contributed by atoms with Gasteiger partial charge in [0.05, 0.1) is 6.10 Å². The Labute approximate surface area is 123 Å². The maximum atomic E-state index is 12.5. The van der Waals surface area contributed by atoms with Gasteiger partial charge in [0.25, 0.3) is 0 Å². The van der Waals surface area contributed by atoms with Gasteiger partial charge >= 0.3 is 0 Å². The van der Waals surface area contributed by atoms with Crippen LogP contribution in [-0.4, -0.2) is 18.1 Å². The molecule has 20 heavy (non-hydrogen) atoms. The van der Waals surface area contributed by atoms with Gasteiger partial charge < -0.3 is 4.74 Å². The van der Waals surface area contributed by atoms with Crippen molar-refractivity contribution in [2.24, 2.45) is 0 Å². The molecule has 1 aliphatic carbocycles. The molecule has 3 heteroatoms. The molecule has 0 spiro atoms. The van der Waals surface area contributed by atoms with Crippen molar-refractivity contribution in [3.8, 4) is 5.75 Å². The van der Waals surface area contributed by atoms with Crippen LogP contribution in [0.25, 0.3) is 0 Å². The Morgan fingerprint density at radius 3 is 2.45 bits per heavy atom. The summed E-state index contributed by atoms with van der Waals surface area (Å²) in [4.78, 5) is 13.5. The van der Waals surface area contributed by atoms with Crippen molar-refractivity contribution < 1.29 is 9.53 Å². The monoisotopic (exact) mass is 284 g/mol. The molecule has 0 bridgehead atoms. The molecule has 2 aromatic carbocycles. The SMILES string of the molecule is CSc1ccccc1C(=O)c1ccc(OC2CC2)cc1. The first-order valence-electron chi connectivity index (χ1n) is 6.72. The molecule has 0 radical (unpaired) electrons. The summed E-state index contributed by atoms with van der Waals surface area (Å²) in [7, 11) is 0. The van der Waals surface area contributed by atoms with E-state index in [9.17, 15) is 4.79 Å². The minimum atomic E-state index is 0.0629. The smallest absolute Gasteiger partial charge is 0.194 e. The van der Waals surface area contributed by atoms with Crippen LogP contribution in [0.1, 0.15) is 28.8 Å². The number of rotatable bonds is 5. The third-order valence-electron chi connectivity index (χ3n) is 3.30. The number of hydrogen-bond donors (Lipinski definition) is 0. The van der Waals surface area contributed by atoms with E-state index in [1.807, 2.05) is 54.8 Å². The zero-order valence-electron chi connectivity index (χ0n) is 11.3. The van der Waals surface area contributed by atoms with Gasteiger partial charge in [-0.25, -0.2) is 0 Å². The molecule has 3 rings (SSSR count). The average Bonchev–Trinajstić information content (AvgIpc) is 3.31. The van der Waals surface area contributed by atoms with Crippen LogP contribution in [0, 0.1) is 0 Å². The third-order valence-corrected chi connectivity index (χ3v) is 4.09. The highest BCUT2D eigenvalue weighted by atomic mass is 32.2. The summed E-state index contributed by atoms with van der Waals surface area (Å²) >= 11 is 1.59. The molecule has 0 atom stereocenters. The van der Waals surface area contributed by atoms with Crippen molar-refractivity contribution in [3.63, 3.8) is 0 Å². The van der Waals surface area contributed by atoms with Gasteiger partial charge in [-0.15, -0.1) is 11.8 Å². The number of carbonyl (C=O) groups is 1. The molecule has 0 aliphatic heterocycles. The van der Waals surface area contributed by atoms with Gasteiger partial charge in [0, 0.05) is 16.0 Å². The standard InChI is InChI=1S/C17H16O2S/c1-20-16-5-3-2-4-15(16)17(18)12-6-8-13(9-7-12)19-14-10-11-14/h2-9,14H,10-11H2,1H3. The van der Waals surface area contributed by atoms with Crippen molar-refractivity contribution in [1.82, 2.24) is 0 Å². The van der Waals surface area contributed by atoms with Crippen LogP contribution >= 0.6 is 11.8 Å². The number of benzene rings is 2. The maximum Gasteiger partial charge on any atom is 0.194 e. The lowest BCUT2D eigenvalue weighted by molar-refractivity contribution is 0.103. The highest BCUT2D eigenvalue weighted by Gasteiger charge is 2.23. The first-order chi connectivity index (χ1) is 9.78. The number of hydrogen-bond acceptors (Lipinski definition) is 3. The Morgan fingerprint density at radius 1 is 1.10 bits per heavy atom. The Balaban J connectivity index is 1.82. The van der Waals surface area contributed by atoms with E-state index >= 15 is 0 Å². The molecule has 2 aromatic rings. The average molecular weight is 284 g/mol. The van der Waals surface area contributed by atoms with Crippen LogP contribution in [0.4, 0.5) is 0 Å². The topological polar surface area (TPSA) is 26.3 Å². The maximum absolute atomic E-state index is 12.5. The summed E-state index contributed by atoms with van der Waals surface area (Å²) < 4.78 is 5.70. The Bertz CT molecular complexity index is 615. The van der Waals surface area contributed by atoms with Gasteiger partial charge in [0.2, 0.25) is 0 Å². The summed E-state index contributed by atoms with van der Waals surface area (Å²) in [5.41, 5.74) is 1.46. The molecule has 102 valence electrons. The van der Waals surface area contributed by atoms with Gasteiger partial charge in [0.15, 0.2) is 5.78 Å². The van der Waals surface area contributed by atoms with E-state index in [1.165, 1.54) is 0 Å². The van der Waals surface area contributed by atoms with Gasteiger partial charge in [-0.05, 0) is 55.5 Å². The molecule has 0 amide bonds. The van der Waals surface area contributed by atoms with E-state index in [0.717, 1.165) is 29.1 Å². The lowest BCUT2D eigenvalue weighted by atomic mass is 10.0. The largest absolute Gasteiger partial charge is 0.490 e. The Morgan fingerprint density at radius 2 is 1.80 bits per heavy atom. The van der Waals surface area contributed by atoms with Gasteiger partial charge in [-0.3, -0.25) is 4.79 Å². The molecular formula is C17H16O2S. The van der Waals surface area contributed by atoms with Crippen LogP contribution in [0.3, 0.4) is 0 Å². The van der Waals surface area contributed by atoms with Crippen LogP contribution < -0.4 is 4.74 Å². The molecule has 1 saturated carbocycles. The fraction of sp³-hybridized carbons (Fsp3) is 0.235. The predicted octanol–water partition coefficient (Wildman–Crippen LogP) is 4.18. The highest BCUT2D eigenvalue weighted by molar-refractivity contribution is 7.98. The summed E-state index contributed by atoms with van der Waals surface area (Å²) in [5.74, 6) is 0.912. The quantitative estimate of drug-likeness (QED) is 0.608. The highest BCUT2D eigenvalue weighted by Crippen LogP contribution is 2.28.